The zero-order valence-electron chi connectivity index (χ0n) is 12.3. The van der Waals surface area contributed by atoms with Crippen LogP contribution in [-0.4, -0.2) is 64.3 Å². The first kappa shape index (κ1) is 17.0. The molecule has 0 saturated carbocycles. The Morgan fingerprint density at radius 3 is 2.41 bits per heavy atom. The van der Waals surface area contributed by atoms with Crippen LogP contribution in [0.25, 0.3) is 0 Å². The molecule has 124 valence electrons. The van der Waals surface area contributed by atoms with E-state index in [-0.39, 0.29) is 5.75 Å². The van der Waals surface area contributed by atoms with Crippen molar-refractivity contribution in [3.63, 3.8) is 0 Å². The van der Waals surface area contributed by atoms with Crippen molar-refractivity contribution in [1.82, 2.24) is 0 Å². The molecule has 1 heterocycles. The summed E-state index contributed by atoms with van der Waals surface area (Å²) in [4.78, 5) is 0. The van der Waals surface area contributed by atoms with Crippen LogP contribution in [0.4, 0.5) is 0 Å². The van der Waals surface area contributed by atoms with E-state index in [0.29, 0.717) is 12.4 Å². The molecule has 7 nitrogen and oxygen atoms in total. The average Bonchev–Trinajstić information content (AvgIpc) is 2.53. The van der Waals surface area contributed by atoms with Crippen LogP contribution in [0.5, 0.6) is 11.5 Å². The standard InChI is InChI=1S/C15H22O7/c1-2-7-20-15-14(13(19)12(18)11(8-16)22-15)21-10-5-3-9(17)4-6-10/h3-6,11-19H,2,7-8H2,1H3/t11?,12-,13?,14?,15+/m1/s1. The number of rotatable bonds is 6. The van der Waals surface area contributed by atoms with Crippen molar-refractivity contribution in [3.8, 4) is 11.5 Å². The zero-order valence-corrected chi connectivity index (χ0v) is 12.3. The van der Waals surface area contributed by atoms with E-state index in [4.69, 9.17) is 14.2 Å². The molecule has 0 bridgehead atoms. The second-order valence-corrected chi connectivity index (χ2v) is 5.15. The Labute approximate surface area is 128 Å². The molecule has 1 aliphatic heterocycles. The van der Waals surface area contributed by atoms with Crippen LogP contribution >= 0.6 is 0 Å². The number of aliphatic hydroxyl groups is 3. The monoisotopic (exact) mass is 314 g/mol. The summed E-state index contributed by atoms with van der Waals surface area (Å²) >= 11 is 0. The van der Waals surface area contributed by atoms with Crippen LogP contribution < -0.4 is 4.74 Å². The number of aromatic hydroxyl groups is 1. The molecule has 22 heavy (non-hydrogen) atoms. The summed E-state index contributed by atoms with van der Waals surface area (Å²) in [7, 11) is 0. The van der Waals surface area contributed by atoms with Gasteiger partial charge >= 0.3 is 0 Å². The number of phenolic OH excluding ortho intramolecular Hbond substituents is 1. The lowest BCUT2D eigenvalue weighted by Gasteiger charge is -2.41. The summed E-state index contributed by atoms with van der Waals surface area (Å²) in [6, 6.07) is 5.95. The molecule has 0 amide bonds. The molecule has 0 radical (unpaired) electrons. The lowest BCUT2D eigenvalue weighted by molar-refractivity contribution is -0.295. The molecule has 7 heteroatoms. The predicted molar refractivity (Wildman–Crippen MR) is 76.5 cm³/mol. The van der Waals surface area contributed by atoms with Crippen LogP contribution in [-0.2, 0) is 9.47 Å². The maximum Gasteiger partial charge on any atom is 0.197 e. The van der Waals surface area contributed by atoms with Crippen LogP contribution in [0.2, 0.25) is 0 Å². The Balaban J connectivity index is 2.13. The van der Waals surface area contributed by atoms with Gasteiger partial charge in [-0.2, -0.15) is 0 Å². The minimum Gasteiger partial charge on any atom is -0.508 e. The first-order valence-corrected chi connectivity index (χ1v) is 7.26. The first-order valence-electron chi connectivity index (χ1n) is 7.26. The fourth-order valence-corrected chi connectivity index (χ4v) is 2.23. The van der Waals surface area contributed by atoms with E-state index in [2.05, 4.69) is 0 Å². The van der Waals surface area contributed by atoms with Crippen molar-refractivity contribution < 1.29 is 34.6 Å². The van der Waals surface area contributed by atoms with Gasteiger partial charge in [0.1, 0.15) is 29.8 Å². The zero-order chi connectivity index (χ0) is 16.1. The van der Waals surface area contributed by atoms with Gasteiger partial charge in [-0.1, -0.05) is 6.92 Å². The van der Waals surface area contributed by atoms with Gasteiger partial charge in [0.05, 0.1) is 6.61 Å². The summed E-state index contributed by atoms with van der Waals surface area (Å²) < 4.78 is 16.6. The highest BCUT2D eigenvalue weighted by atomic mass is 16.7. The van der Waals surface area contributed by atoms with Gasteiger partial charge in [0.2, 0.25) is 0 Å². The van der Waals surface area contributed by atoms with Crippen LogP contribution in [0.15, 0.2) is 24.3 Å². The van der Waals surface area contributed by atoms with Gasteiger partial charge in [0, 0.05) is 6.61 Å². The van der Waals surface area contributed by atoms with Gasteiger partial charge in [0.25, 0.3) is 0 Å². The van der Waals surface area contributed by atoms with Crippen molar-refractivity contribution >= 4 is 0 Å². The lowest BCUT2D eigenvalue weighted by Crippen LogP contribution is -2.61. The lowest BCUT2D eigenvalue weighted by atomic mass is 9.99. The van der Waals surface area contributed by atoms with Crippen molar-refractivity contribution in [2.24, 2.45) is 0 Å². The Bertz CT molecular complexity index is 450. The molecule has 0 aromatic heterocycles. The summed E-state index contributed by atoms with van der Waals surface area (Å²) in [5.41, 5.74) is 0. The normalized spacial score (nSPS) is 31.9. The number of hydrogen-bond donors (Lipinski definition) is 4. The fourth-order valence-electron chi connectivity index (χ4n) is 2.23. The van der Waals surface area contributed by atoms with Gasteiger partial charge < -0.3 is 34.6 Å². The summed E-state index contributed by atoms with van der Waals surface area (Å²) in [5, 5.41) is 38.7. The quantitative estimate of drug-likeness (QED) is 0.585. The van der Waals surface area contributed by atoms with E-state index in [1.807, 2.05) is 6.92 Å². The van der Waals surface area contributed by atoms with Crippen molar-refractivity contribution in [2.45, 2.75) is 44.1 Å². The number of benzene rings is 1. The largest absolute Gasteiger partial charge is 0.508 e. The van der Waals surface area contributed by atoms with Crippen LogP contribution in [0.3, 0.4) is 0 Å². The van der Waals surface area contributed by atoms with Crippen LogP contribution in [0.1, 0.15) is 13.3 Å². The topological polar surface area (TPSA) is 109 Å². The molecular weight excluding hydrogens is 292 g/mol. The Kier molecular flexibility index (Phi) is 5.98. The smallest absolute Gasteiger partial charge is 0.197 e. The van der Waals surface area contributed by atoms with Gasteiger partial charge in [0.15, 0.2) is 12.4 Å². The number of phenols is 1. The number of aliphatic hydroxyl groups excluding tert-OH is 3. The van der Waals surface area contributed by atoms with E-state index >= 15 is 0 Å². The van der Waals surface area contributed by atoms with Crippen molar-refractivity contribution in [3.05, 3.63) is 24.3 Å². The Morgan fingerprint density at radius 2 is 1.82 bits per heavy atom. The summed E-state index contributed by atoms with van der Waals surface area (Å²) in [6.45, 7) is 1.88. The van der Waals surface area contributed by atoms with Crippen molar-refractivity contribution in [1.29, 1.82) is 0 Å². The van der Waals surface area contributed by atoms with E-state index < -0.39 is 37.3 Å². The molecule has 1 aliphatic rings. The molecule has 0 aliphatic carbocycles. The highest BCUT2D eigenvalue weighted by molar-refractivity contribution is 5.30. The van der Waals surface area contributed by atoms with E-state index in [9.17, 15) is 20.4 Å². The highest BCUT2D eigenvalue weighted by Crippen LogP contribution is 2.27. The highest BCUT2D eigenvalue weighted by Gasteiger charge is 2.46. The van der Waals surface area contributed by atoms with E-state index in [1.165, 1.54) is 24.3 Å². The average molecular weight is 314 g/mol. The fraction of sp³-hybridized carbons (Fsp3) is 0.600. The van der Waals surface area contributed by atoms with E-state index in [0.717, 1.165) is 6.42 Å². The number of hydrogen-bond acceptors (Lipinski definition) is 7. The van der Waals surface area contributed by atoms with E-state index in [1.54, 1.807) is 0 Å². The molecule has 1 aromatic carbocycles. The minimum absolute atomic E-state index is 0.0898. The molecule has 2 rings (SSSR count). The molecule has 1 aromatic rings. The number of ether oxygens (including phenoxy) is 3. The third-order valence-electron chi connectivity index (χ3n) is 3.42. The van der Waals surface area contributed by atoms with Gasteiger partial charge in [-0.15, -0.1) is 0 Å². The Hall–Kier alpha value is -1.38. The minimum atomic E-state index is -1.28. The van der Waals surface area contributed by atoms with Gasteiger partial charge in [-0.3, -0.25) is 0 Å². The first-order chi connectivity index (χ1) is 10.6. The maximum absolute atomic E-state index is 10.2. The molecule has 1 saturated heterocycles. The molecule has 4 N–H and O–H groups in total. The third-order valence-corrected chi connectivity index (χ3v) is 3.42. The summed E-state index contributed by atoms with van der Waals surface area (Å²) in [6.07, 6.45) is -4.61. The predicted octanol–water partition coefficient (Wildman–Crippen LogP) is 0.00520. The third kappa shape index (κ3) is 3.88. The summed E-state index contributed by atoms with van der Waals surface area (Å²) in [5.74, 6) is 0.483. The van der Waals surface area contributed by atoms with Gasteiger partial charge in [-0.05, 0) is 30.7 Å². The SMILES string of the molecule is CCCO[C@H]1OC(CO)[C@@H](O)C(O)C1Oc1ccc(O)cc1. The molecular formula is C15H22O7. The second-order valence-electron chi connectivity index (χ2n) is 5.15. The van der Waals surface area contributed by atoms with Gasteiger partial charge in [-0.25, -0.2) is 0 Å². The Morgan fingerprint density at radius 1 is 1.14 bits per heavy atom. The van der Waals surface area contributed by atoms with Crippen LogP contribution in [0, 0.1) is 0 Å². The molecule has 5 atom stereocenters. The molecule has 1 fully saturated rings. The van der Waals surface area contributed by atoms with Crippen molar-refractivity contribution in [2.75, 3.05) is 13.2 Å². The maximum atomic E-state index is 10.2. The molecule has 0 spiro atoms. The molecule has 3 unspecified atom stereocenters. The second kappa shape index (κ2) is 7.75.